The van der Waals surface area contributed by atoms with Crippen LogP contribution >= 0.6 is 0 Å². The topological polar surface area (TPSA) is 282 Å². The Morgan fingerprint density at radius 3 is 1.86 bits per heavy atom. The number of ether oxygens (including phenoxy) is 1. The van der Waals surface area contributed by atoms with E-state index in [0.717, 1.165) is 11.1 Å². The maximum Gasteiger partial charge on any atom is 0.410 e. The molecule has 0 spiro atoms. The molecule has 0 saturated heterocycles. The summed E-state index contributed by atoms with van der Waals surface area (Å²) in [6.45, 7) is 23.4. The van der Waals surface area contributed by atoms with Crippen LogP contribution in [0.3, 0.4) is 0 Å². The number of nitrogens with zero attached hydrogens (tertiary/aromatic N) is 2. The van der Waals surface area contributed by atoms with Crippen LogP contribution in [0.15, 0.2) is 66.2 Å². The van der Waals surface area contributed by atoms with Crippen LogP contribution in [0.5, 0.6) is 0 Å². The lowest BCUT2D eigenvalue weighted by atomic mass is 9.76. The summed E-state index contributed by atoms with van der Waals surface area (Å²) in [6, 6.07) is 10.6. The second-order valence-corrected chi connectivity index (χ2v) is 24.7. The molecular weight excluding hydrogens is 967 g/mol. The van der Waals surface area contributed by atoms with E-state index >= 15 is 0 Å². The highest BCUT2D eigenvalue weighted by atomic mass is 32.2. The van der Waals surface area contributed by atoms with Crippen molar-refractivity contribution in [3.8, 4) is 0 Å². The van der Waals surface area contributed by atoms with Gasteiger partial charge in [0.05, 0.1) is 23.4 Å². The van der Waals surface area contributed by atoms with Gasteiger partial charge < -0.3 is 42.4 Å². The van der Waals surface area contributed by atoms with Gasteiger partial charge in [-0.15, -0.1) is 0 Å². The average Bonchev–Trinajstić information content (AvgIpc) is 4.07. The summed E-state index contributed by atoms with van der Waals surface area (Å²) in [5.74, 6) is -3.78. The molecule has 1 fully saturated rings. The lowest BCUT2D eigenvalue weighted by molar-refractivity contribution is -0.141. The minimum atomic E-state index is -4.24. The standard InChI is InChI=1S/C54H85N9O10S/c1-33(2)40(62(14)48(68)42(51(6,7)8)59-47(67)43(63(15)50(70)73-52(9,10)11)53(12,13)37-21-17-16-18-22-37)31-35(5)44(64)61-74(71,72)32-36-24-26-38(27-25-36)54(28-29-54)60-45(65)39(23-19-20-30-57-49(56)69)58-46(66)41(55)34(3)4/h16-18,21-22,24-27,31,33-34,39-43H,19-20,23,28-30,32,55H2,1-15H3,(H,58,66)(H,59,67)(H,60,65)(H,61,64)(H3,56,57,69)/b35-31+/t39-,40+,41-,42+,43+/m0/s1. The van der Waals surface area contributed by atoms with E-state index in [0.29, 0.717) is 37.8 Å². The number of carbonyl (C=O) groups is 7. The molecule has 0 bridgehead atoms. The van der Waals surface area contributed by atoms with Crippen molar-refractivity contribution in [2.75, 3.05) is 20.6 Å². The molecule has 1 saturated carbocycles. The number of nitrogens with two attached hydrogens (primary N) is 2. The smallest absolute Gasteiger partial charge is 0.410 e. The number of nitrogens with one attached hydrogen (secondary N) is 5. The Hall–Kier alpha value is -6.02. The van der Waals surface area contributed by atoms with Gasteiger partial charge in [0.2, 0.25) is 33.7 Å². The fourth-order valence-electron chi connectivity index (χ4n) is 8.61. The van der Waals surface area contributed by atoms with Crippen molar-refractivity contribution in [2.24, 2.45) is 28.7 Å². The van der Waals surface area contributed by atoms with Crippen LogP contribution in [0.1, 0.15) is 139 Å². The predicted molar refractivity (Wildman–Crippen MR) is 286 cm³/mol. The van der Waals surface area contributed by atoms with Crippen LogP contribution in [-0.4, -0.2) is 116 Å². The zero-order valence-electron chi connectivity index (χ0n) is 46.3. The van der Waals surface area contributed by atoms with E-state index in [1.165, 1.54) is 29.8 Å². The van der Waals surface area contributed by atoms with Gasteiger partial charge in [0, 0.05) is 31.6 Å². The van der Waals surface area contributed by atoms with Crippen molar-refractivity contribution >= 4 is 51.7 Å². The minimum absolute atomic E-state index is 0.0386. The van der Waals surface area contributed by atoms with Crippen molar-refractivity contribution in [1.82, 2.24) is 35.8 Å². The molecule has 0 unspecified atom stereocenters. The Labute approximate surface area is 439 Å². The zero-order valence-corrected chi connectivity index (χ0v) is 47.1. The van der Waals surface area contributed by atoms with Crippen LogP contribution in [0.4, 0.5) is 9.59 Å². The van der Waals surface area contributed by atoms with Crippen molar-refractivity contribution < 1.29 is 46.7 Å². The highest BCUT2D eigenvalue weighted by Crippen LogP contribution is 2.45. The molecule has 8 amide bonds. The number of unbranched alkanes of at least 4 members (excludes halogenated alkanes) is 1. The second kappa shape index (κ2) is 25.5. The lowest BCUT2D eigenvalue weighted by Crippen LogP contribution is -2.63. The van der Waals surface area contributed by atoms with Gasteiger partial charge in [-0.05, 0) is 93.7 Å². The summed E-state index contributed by atoms with van der Waals surface area (Å²) in [5.41, 5.74) is 9.77. The molecular formula is C54H85N9O10S. The number of benzene rings is 2. The number of primary amides is 1. The molecule has 2 aromatic carbocycles. The SMILES string of the molecule is C/C(=C\[C@H](C(C)C)N(C)C(=O)[C@@H](NC(=O)[C@@H](N(C)C(=O)OC(C)(C)C)C(C)(C)c1ccccc1)C(C)(C)C)C(=O)NS(=O)(=O)Cc1ccc(C2(NC(=O)[C@H](CCCCNC(N)=O)NC(=O)[C@@H](N)C(C)C)CC2)cc1. The van der Waals surface area contributed by atoms with Crippen LogP contribution in [0.2, 0.25) is 0 Å². The number of rotatable bonds is 24. The monoisotopic (exact) mass is 1050 g/mol. The third-order valence-electron chi connectivity index (χ3n) is 13.3. The Bertz CT molecular complexity index is 2440. The molecule has 20 heteroatoms. The van der Waals surface area contributed by atoms with Gasteiger partial charge in [-0.3, -0.25) is 28.9 Å². The number of hydrogen-bond acceptors (Lipinski definition) is 11. The van der Waals surface area contributed by atoms with Crippen LogP contribution in [-0.2, 0) is 55.4 Å². The van der Waals surface area contributed by atoms with E-state index in [1.807, 2.05) is 78.8 Å². The number of likely N-dealkylation sites (N-methyl/N-ethyl adjacent to an activating group) is 2. The molecule has 0 aromatic heterocycles. The molecule has 0 aliphatic heterocycles. The van der Waals surface area contributed by atoms with E-state index in [9.17, 15) is 42.0 Å². The third-order valence-corrected chi connectivity index (χ3v) is 14.5. The highest BCUT2D eigenvalue weighted by Gasteiger charge is 2.48. The first-order valence-electron chi connectivity index (χ1n) is 25.4. The van der Waals surface area contributed by atoms with Gasteiger partial charge in [0.15, 0.2) is 0 Å². The Balaban J connectivity index is 1.79. The first-order valence-corrected chi connectivity index (χ1v) is 27.0. The predicted octanol–water partition coefficient (Wildman–Crippen LogP) is 5.22. The van der Waals surface area contributed by atoms with Crippen molar-refractivity contribution in [3.05, 3.63) is 82.9 Å². The summed E-state index contributed by atoms with van der Waals surface area (Å²) in [5, 5.41) is 11.4. The number of urea groups is 1. The number of carbonyl (C=O) groups excluding carboxylic acids is 7. The molecule has 0 radical (unpaired) electrons. The Morgan fingerprint density at radius 1 is 0.784 bits per heavy atom. The highest BCUT2D eigenvalue weighted by molar-refractivity contribution is 7.89. The van der Waals surface area contributed by atoms with E-state index in [4.69, 9.17) is 16.2 Å². The molecule has 74 heavy (non-hydrogen) atoms. The van der Waals surface area contributed by atoms with Gasteiger partial charge in [-0.1, -0.05) is 123 Å². The first kappa shape index (κ1) is 62.3. The maximum atomic E-state index is 14.6. The summed E-state index contributed by atoms with van der Waals surface area (Å²) in [7, 11) is -1.19. The first-order chi connectivity index (χ1) is 34.0. The van der Waals surface area contributed by atoms with E-state index in [-0.39, 0.29) is 23.8 Å². The molecule has 412 valence electrons. The molecule has 19 nitrogen and oxygen atoms in total. The van der Waals surface area contributed by atoms with Gasteiger partial charge in [0.1, 0.15) is 23.7 Å². The quantitative estimate of drug-likeness (QED) is 0.0529. The zero-order chi connectivity index (χ0) is 56.3. The summed E-state index contributed by atoms with van der Waals surface area (Å²) in [4.78, 5) is 96.8. The number of sulfonamides is 1. The summed E-state index contributed by atoms with van der Waals surface area (Å²) < 4.78 is 34.8. The molecule has 1 aliphatic carbocycles. The summed E-state index contributed by atoms with van der Waals surface area (Å²) >= 11 is 0. The Morgan fingerprint density at radius 2 is 1.36 bits per heavy atom. The molecule has 5 atom stereocenters. The third kappa shape index (κ3) is 17.8. The maximum absolute atomic E-state index is 14.6. The molecule has 2 aromatic rings. The minimum Gasteiger partial charge on any atom is -0.444 e. The van der Waals surface area contributed by atoms with Crippen molar-refractivity contribution in [3.63, 3.8) is 0 Å². The molecule has 3 rings (SSSR count). The van der Waals surface area contributed by atoms with Crippen molar-refractivity contribution in [1.29, 1.82) is 0 Å². The van der Waals surface area contributed by atoms with Crippen LogP contribution < -0.4 is 37.5 Å². The van der Waals surface area contributed by atoms with Gasteiger partial charge in [-0.2, -0.15) is 0 Å². The van der Waals surface area contributed by atoms with Gasteiger partial charge in [-0.25, -0.2) is 22.7 Å². The van der Waals surface area contributed by atoms with Crippen LogP contribution in [0.25, 0.3) is 0 Å². The lowest BCUT2D eigenvalue weighted by Gasteiger charge is -2.42. The van der Waals surface area contributed by atoms with Crippen LogP contribution in [0, 0.1) is 17.3 Å². The summed E-state index contributed by atoms with van der Waals surface area (Å²) in [6.07, 6.45) is 3.34. The van der Waals surface area contributed by atoms with E-state index in [1.54, 1.807) is 65.9 Å². The van der Waals surface area contributed by atoms with E-state index in [2.05, 4.69) is 26.0 Å². The second-order valence-electron chi connectivity index (χ2n) is 23.0. The Kier molecular flexibility index (Phi) is 21.4. The fraction of sp³-hybridized carbons (Fsp3) is 0.611. The van der Waals surface area contributed by atoms with Gasteiger partial charge in [0.25, 0.3) is 5.91 Å². The normalized spacial score (nSPS) is 15.9. The molecule has 0 heterocycles. The fourth-order valence-corrected chi connectivity index (χ4v) is 9.76. The average molecular weight is 1050 g/mol. The van der Waals surface area contributed by atoms with Gasteiger partial charge >= 0.3 is 12.1 Å². The number of amides is 8. The number of hydrogen-bond donors (Lipinski definition) is 7. The van der Waals surface area contributed by atoms with E-state index < -0.39 is 110 Å². The molecule has 1 aliphatic rings. The largest absolute Gasteiger partial charge is 0.444 e. The van der Waals surface area contributed by atoms with Crippen molar-refractivity contribution in [2.45, 2.75) is 175 Å². The molecule has 9 N–H and O–H groups in total.